The van der Waals surface area contributed by atoms with Crippen molar-refractivity contribution in [2.24, 2.45) is 0 Å². The van der Waals surface area contributed by atoms with Gasteiger partial charge in [0.05, 0.1) is 0 Å². The van der Waals surface area contributed by atoms with Gasteiger partial charge in [0.1, 0.15) is 5.82 Å². The maximum atomic E-state index is 12.9. The van der Waals surface area contributed by atoms with E-state index >= 15 is 0 Å². The zero-order chi connectivity index (χ0) is 13.0. The summed E-state index contributed by atoms with van der Waals surface area (Å²) in [6, 6.07) is 7.73. The number of nitrogens with one attached hydrogen (secondary N) is 1. The van der Waals surface area contributed by atoms with Gasteiger partial charge in [-0.05, 0) is 43.7 Å². The molecule has 18 heavy (non-hydrogen) atoms. The maximum Gasteiger partial charge on any atom is 0.123 e. The van der Waals surface area contributed by atoms with Crippen LogP contribution in [0.25, 0.3) is 0 Å². The third-order valence-corrected chi connectivity index (χ3v) is 5.01. The van der Waals surface area contributed by atoms with Gasteiger partial charge in [-0.25, -0.2) is 4.39 Å². The zero-order valence-corrected chi connectivity index (χ0v) is 12.0. The standard InChI is InChI=1S/C15H22FNS/c1-11(12-7-9-13(16)10-8-12)17-14-5-3-4-6-15(14)18-2/h7-11,14-15,17H,3-6H2,1-2H3. The fraction of sp³-hybridized carbons (Fsp3) is 0.600. The Balaban J connectivity index is 1.97. The van der Waals surface area contributed by atoms with E-state index in [0.29, 0.717) is 12.1 Å². The SMILES string of the molecule is CSC1CCCCC1NC(C)c1ccc(F)cc1. The Morgan fingerprint density at radius 2 is 1.89 bits per heavy atom. The molecule has 1 N–H and O–H groups in total. The van der Waals surface area contributed by atoms with Gasteiger partial charge in [0.15, 0.2) is 0 Å². The molecule has 0 bridgehead atoms. The van der Waals surface area contributed by atoms with Crippen LogP contribution in [0.15, 0.2) is 24.3 Å². The molecule has 1 aliphatic carbocycles. The first-order valence-corrected chi connectivity index (χ1v) is 8.04. The molecule has 0 aromatic heterocycles. The van der Waals surface area contributed by atoms with Gasteiger partial charge in [0.25, 0.3) is 0 Å². The number of hydrogen-bond donors (Lipinski definition) is 1. The maximum absolute atomic E-state index is 12.9. The average Bonchev–Trinajstić information content (AvgIpc) is 2.40. The molecule has 1 saturated carbocycles. The van der Waals surface area contributed by atoms with Gasteiger partial charge < -0.3 is 5.32 Å². The van der Waals surface area contributed by atoms with Gasteiger partial charge in [-0.2, -0.15) is 11.8 Å². The first-order valence-electron chi connectivity index (χ1n) is 6.75. The monoisotopic (exact) mass is 267 g/mol. The van der Waals surface area contributed by atoms with Crippen molar-refractivity contribution in [3.63, 3.8) is 0 Å². The van der Waals surface area contributed by atoms with Crippen LogP contribution in [0.2, 0.25) is 0 Å². The fourth-order valence-corrected chi connectivity index (χ4v) is 3.68. The minimum atomic E-state index is -0.161. The third-order valence-electron chi connectivity index (χ3n) is 3.84. The van der Waals surface area contributed by atoms with Crippen LogP contribution in [0.5, 0.6) is 0 Å². The minimum Gasteiger partial charge on any atom is -0.306 e. The number of rotatable bonds is 4. The van der Waals surface area contributed by atoms with Gasteiger partial charge in [-0.15, -0.1) is 0 Å². The van der Waals surface area contributed by atoms with E-state index in [1.165, 1.54) is 31.2 Å². The summed E-state index contributed by atoms with van der Waals surface area (Å²) in [6.07, 6.45) is 7.46. The van der Waals surface area contributed by atoms with Crippen LogP contribution in [0.1, 0.15) is 44.2 Å². The van der Waals surface area contributed by atoms with Gasteiger partial charge in [0, 0.05) is 17.3 Å². The summed E-state index contributed by atoms with van der Waals surface area (Å²) >= 11 is 1.97. The summed E-state index contributed by atoms with van der Waals surface area (Å²) in [5.41, 5.74) is 1.17. The van der Waals surface area contributed by atoms with Gasteiger partial charge in [0.2, 0.25) is 0 Å². The average molecular weight is 267 g/mol. The zero-order valence-electron chi connectivity index (χ0n) is 11.2. The molecular formula is C15H22FNS. The summed E-state index contributed by atoms with van der Waals surface area (Å²) < 4.78 is 12.9. The van der Waals surface area contributed by atoms with E-state index in [1.54, 1.807) is 12.1 Å². The molecule has 0 spiro atoms. The molecule has 0 amide bonds. The topological polar surface area (TPSA) is 12.0 Å². The van der Waals surface area contributed by atoms with Crippen LogP contribution in [-0.2, 0) is 0 Å². The number of halogens is 1. The van der Waals surface area contributed by atoms with Crippen LogP contribution < -0.4 is 5.32 Å². The molecule has 0 aliphatic heterocycles. The first kappa shape index (κ1) is 13.9. The molecule has 0 heterocycles. The van der Waals surface area contributed by atoms with Crippen LogP contribution in [-0.4, -0.2) is 17.5 Å². The smallest absolute Gasteiger partial charge is 0.123 e. The van der Waals surface area contributed by atoms with E-state index in [2.05, 4.69) is 18.5 Å². The fourth-order valence-electron chi connectivity index (χ4n) is 2.74. The van der Waals surface area contributed by atoms with E-state index in [4.69, 9.17) is 0 Å². The predicted molar refractivity (Wildman–Crippen MR) is 77.5 cm³/mol. The quantitative estimate of drug-likeness (QED) is 0.879. The summed E-state index contributed by atoms with van der Waals surface area (Å²) in [5, 5.41) is 4.44. The Labute approximate surface area is 114 Å². The van der Waals surface area contributed by atoms with Crippen molar-refractivity contribution in [1.82, 2.24) is 5.32 Å². The Kier molecular flexibility index (Phi) is 5.07. The predicted octanol–water partition coefficient (Wildman–Crippen LogP) is 4.15. The highest BCUT2D eigenvalue weighted by Crippen LogP contribution is 2.29. The van der Waals surface area contributed by atoms with E-state index in [0.717, 1.165) is 5.25 Å². The molecule has 1 fully saturated rings. The third kappa shape index (κ3) is 3.48. The summed E-state index contributed by atoms with van der Waals surface area (Å²) in [4.78, 5) is 0. The lowest BCUT2D eigenvalue weighted by atomic mass is 9.93. The molecule has 2 rings (SSSR count). The van der Waals surface area contributed by atoms with Gasteiger partial charge in [-0.1, -0.05) is 25.0 Å². The molecule has 1 aromatic carbocycles. The number of benzene rings is 1. The number of thioether (sulfide) groups is 1. The molecule has 100 valence electrons. The van der Waals surface area contributed by atoms with E-state index in [9.17, 15) is 4.39 Å². The Morgan fingerprint density at radius 1 is 1.22 bits per heavy atom. The van der Waals surface area contributed by atoms with Crippen LogP contribution in [0, 0.1) is 5.82 Å². The van der Waals surface area contributed by atoms with Crippen molar-refractivity contribution >= 4 is 11.8 Å². The Morgan fingerprint density at radius 3 is 2.56 bits per heavy atom. The second-order valence-electron chi connectivity index (χ2n) is 5.11. The van der Waals surface area contributed by atoms with Gasteiger partial charge >= 0.3 is 0 Å². The van der Waals surface area contributed by atoms with E-state index in [1.807, 2.05) is 23.9 Å². The first-order chi connectivity index (χ1) is 8.70. The summed E-state index contributed by atoms with van der Waals surface area (Å²) in [5.74, 6) is -0.161. The Hall–Kier alpha value is -0.540. The normalized spacial score (nSPS) is 25.9. The van der Waals surface area contributed by atoms with Crippen molar-refractivity contribution in [2.75, 3.05) is 6.26 Å². The van der Waals surface area contributed by atoms with Crippen molar-refractivity contribution in [1.29, 1.82) is 0 Å². The highest BCUT2D eigenvalue weighted by atomic mass is 32.2. The molecule has 1 nitrogen and oxygen atoms in total. The van der Waals surface area contributed by atoms with Crippen molar-refractivity contribution < 1.29 is 4.39 Å². The lowest BCUT2D eigenvalue weighted by molar-refractivity contribution is 0.356. The molecule has 3 heteroatoms. The molecule has 3 atom stereocenters. The second-order valence-corrected chi connectivity index (χ2v) is 6.18. The largest absolute Gasteiger partial charge is 0.306 e. The highest BCUT2D eigenvalue weighted by molar-refractivity contribution is 7.99. The molecule has 3 unspecified atom stereocenters. The lowest BCUT2D eigenvalue weighted by Crippen LogP contribution is -2.41. The van der Waals surface area contributed by atoms with E-state index in [-0.39, 0.29) is 5.82 Å². The summed E-state index contributed by atoms with van der Waals surface area (Å²) in [7, 11) is 0. The molecule has 1 aromatic rings. The van der Waals surface area contributed by atoms with Crippen LogP contribution in [0.3, 0.4) is 0 Å². The molecule has 0 radical (unpaired) electrons. The number of hydrogen-bond acceptors (Lipinski definition) is 2. The van der Waals surface area contributed by atoms with E-state index < -0.39 is 0 Å². The summed E-state index contributed by atoms with van der Waals surface area (Å²) in [6.45, 7) is 2.17. The molecular weight excluding hydrogens is 245 g/mol. The van der Waals surface area contributed by atoms with Crippen LogP contribution in [0.4, 0.5) is 4.39 Å². The van der Waals surface area contributed by atoms with Gasteiger partial charge in [-0.3, -0.25) is 0 Å². The Bertz CT molecular complexity index is 365. The van der Waals surface area contributed by atoms with Crippen molar-refractivity contribution in [3.05, 3.63) is 35.6 Å². The van der Waals surface area contributed by atoms with Crippen molar-refractivity contribution in [3.8, 4) is 0 Å². The molecule has 1 aliphatic rings. The van der Waals surface area contributed by atoms with Crippen molar-refractivity contribution in [2.45, 2.75) is 49.9 Å². The highest BCUT2D eigenvalue weighted by Gasteiger charge is 2.25. The second kappa shape index (κ2) is 6.58. The molecule has 0 saturated heterocycles. The minimum absolute atomic E-state index is 0.161. The van der Waals surface area contributed by atoms with Crippen LogP contribution >= 0.6 is 11.8 Å². The lowest BCUT2D eigenvalue weighted by Gasteiger charge is -2.33.